The molecule has 2 heterocycles. The predicted octanol–water partition coefficient (Wildman–Crippen LogP) is 4.49. The molecule has 0 aliphatic carbocycles. The number of carbonyl (C=O) groups is 2. The summed E-state index contributed by atoms with van der Waals surface area (Å²) in [5.41, 5.74) is 3.41. The Morgan fingerprint density at radius 2 is 1.86 bits per heavy atom. The molecule has 1 aromatic carbocycles. The number of rotatable bonds is 6. The number of thiazole rings is 1. The summed E-state index contributed by atoms with van der Waals surface area (Å²) in [5, 5.41) is 5.94. The minimum absolute atomic E-state index is 0.122. The monoisotopic (exact) mass is 408 g/mol. The van der Waals surface area contributed by atoms with Crippen molar-refractivity contribution in [1.82, 2.24) is 14.9 Å². The molecule has 2 aromatic heterocycles. The van der Waals surface area contributed by atoms with Gasteiger partial charge in [-0.15, -0.1) is 11.3 Å². The Morgan fingerprint density at radius 3 is 2.52 bits per heavy atom. The van der Waals surface area contributed by atoms with Gasteiger partial charge >= 0.3 is 0 Å². The van der Waals surface area contributed by atoms with Crippen LogP contribution >= 0.6 is 11.3 Å². The van der Waals surface area contributed by atoms with E-state index in [1.807, 2.05) is 18.4 Å². The first-order valence-electron chi connectivity index (χ1n) is 9.37. The number of nitrogens with zero attached hydrogens (tertiary/aromatic N) is 3. The molecular formula is C22H24N4O2S. The van der Waals surface area contributed by atoms with Crippen LogP contribution in [0.5, 0.6) is 0 Å². The van der Waals surface area contributed by atoms with Gasteiger partial charge in [0.15, 0.2) is 0 Å². The fourth-order valence-corrected chi connectivity index (χ4v) is 3.61. The third-order valence-electron chi connectivity index (χ3n) is 4.48. The summed E-state index contributed by atoms with van der Waals surface area (Å²) in [6.45, 7) is 6.54. The number of anilines is 1. The second-order valence-corrected chi connectivity index (χ2v) is 8.10. The number of nitrogens with one attached hydrogen (secondary N) is 1. The molecule has 0 aliphatic heterocycles. The molecule has 6 nitrogen and oxygen atoms in total. The highest BCUT2D eigenvalue weighted by Crippen LogP contribution is 2.22. The van der Waals surface area contributed by atoms with Crippen molar-refractivity contribution in [3.63, 3.8) is 0 Å². The summed E-state index contributed by atoms with van der Waals surface area (Å²) in [4.78, 5) is 35.5. The first-order chi connectivity index (χ1) is 13.8. The minimum atomic E-state index is -0.239. The van der Waals surface area contributed by atoms with Crippen molar-refractivity contribution >= 4 is 28.8 Å². The van der Waals surface area contributed by atoms with Gasteiger partial charge in [0.25, 0.3) is 11.8 Å². The molecule has 0 bridgehead atoms. The summed E-state index contributed by atoms with van der Waals surface area (Å²) in [6.07, 6.45) is 3.14. The minimum Gasteiger partial charge on any atom is -0.336 e. The van der Waals surface area contributed by atoms with Crippen LogP contribution in [0.15, 0.2) is 48.1 Å². The number of aromatic nitrogens is 2. The zero-order chi connectivity index (χ0) is 21.0. The van der Waals surface area contributed by atoms with E-state index in [0.717, 1.165) is 16.3 Å². The standard InChI is InChI=1S/C22H24N4O2S/c1-14(2)21-24-18(13-29-21)12-26(4)22(28)17-6-5-15(3)19(11-17)25-20(27)16-7-9-23-10-8-16/h5-11,13-14H,12H2,1-4H3,(H,25,27). The SMILES string of the molecule is Cc1ccc(C(=O)N(C)Cc2csc(C(C)C)n2)cc1NC(=O)c1ccncc1. The van der Waals surface area contributed by atoms with Gasteiger partial charge in [-0.25, -0.2) is 4.98 Å². The summed E-state index contributed by atoms with van der Waals surface area (Å²) < 4.78 is 0. The van der Waals surface area contributed by atoms with Crippen LogP contribution in [0, 0.1) is 6.92 Å². The van der Waals surface area contributed by atoms with Gasteiger partial charge in [0.2, 0.25) is 0 Å². The van der Waals surface area contributed by atoms with Crippen LogP contribution in [0.2, 0.25) is 0 Å². The molecule has 3 rings (SSSR count). The maximum atomic E-state index is 12.9. The Bertz CT molecular complexity index is 1010. The normalized spacial score (nSPS) is 10.8. The number of aryl methyl sites for hydroxylation is 1. The molecule has 7 heteroatoms. The fourth-order valence-electron chi connectivity index (χ4n) is 2.78. The summed E-state index contributed by atoms with van der Waals surface area (Å²) in [6, 6.07) is 8.62. The third-order valence-corrected chi connectivity index (χ3v) is 5.68. The molecule has 1 N–H and O–H groups in total. The van der Waals surface area contributed by atoms with E-state index in [-0.39, 0.29) is 11.8 Å². The van der Waals surface area contributed by atoms with E-state index in [1.54, 1.807) is 59.9 Å². The molecule has 0 saturated carbocycles. The van der Waals surface area contributed by atoms with Crippen LogP contribution in [0.3, 0.4) is 0 Å². The second kappa shape index (κ2) is 8.96. The molecular weight excluding hydrogens is 384 g/mol. The average Bonchev–Trinajstić information content (AvgIpc) is 3.18. The van der Waals surface area contributed by atoms with Gasteiger partial charge in [-0.05, 0) is 36.8 Å². The Balaban J connectivity index is 1.73. The lowest BCUT2D eigenvalue weighted by Crippen LogP contribution is -2.26. The van der Waals surface area contributed by atoms with Crippen molar-refractivity contribution in [2.24, 2.45) is 0 Å². The number of hydrogen-bond acceptors (Lipinski definition) is 5. The molecule has 0 aliphatic rings. The van der Waals surface area contributed by atoms with E-state index >= 15 is 0 Å². The van der Waals surface area contributed by atoms with E-state index in [1.165, 1.54) is 0 Å². The van der Waals surface area contributed by atoms with E-state index in [2.05, 4.69) is 29.1 Å². The topological polar surface area (TPSA) is 75.2 Å². The Hall–Kier alpha value is -3.06. The van der Waals surface area contributed by atoms with Gasteiger partial charge in [0.1, 0.15) is 0 Å². The second-order valence-electron chi connectivity index (χ2n) is 7.21. The van der Waals surface area contributed by atoms with E-state index in [0.29, 0.717) is 29.3 Å². The molecule has 3 aromatic rings. The van der Waals surface area contributed by atoms with Crippen LogP contribution in [-0.4, -0.2) is 33.7 Å². The molecule has 0 unspecified atom stereocenters. The first-order valence-corrected chi connectivity index (χ1v) is 10.2. The number of amides is 2. The summed E-state index contributed by atoms with van der Waals surface area (Å²) in [7, 11) is 1.76. The van der Waals surface area contributed by atoms with Gasteiger partial charge in [0, 0.05) is 47.6 Å². The Kier molecular flexibility index (Phi) is 6.39. The van der Waals surface area contributed by atoms with Gasteiger partial charge in [0.05, 0.1) is 17.2 Å². The lowest BCUT2D eigenvalue weighted by molar-refractivity contribution is 0.0783. The van der Waals surface area contributed by atoms with Crippen LogP contribution in [0.25, 0.3) is 0 Å². The molecule has 0 atom stereocenters. The molecule has 2 amide bonds. The maximum absolute atomic E-state index is 12.9. The number of benzene rings is 1. The van der Waals surface area contributed by atoms with Crippen molar-refractivity contribution in [3.05, 3.63) is 75.5 Å². The van der Waals surface area contributed by atoms with Gasteiger partial charge in [-0.1, -0.05) is 19.9 Å². The van der Waals surface area contributed by atoms with Gasteiger partial charge in [-0.2, -0.15) is 0 Å². The van der Waals surface area contributed by atoms with Crippen LogP contribution < -0.4 is 5.32 Å². The lowest BCUT2D eigenvalue weighted by Gasteiger charge is -2.17. The summed E-state index contributed by atoms with van der Waals surface area (Å²) >= 11 is 1.62. The van der Waals surface area contributed by atoms with Crippen molar-refractivity contribution < 1.29 is 9.59 Å². The first kappa shape index (κ1) is 20.7. The molecule has 0 saturated heterocycles. The highest BCUT2D eigenvalue weighted by Gasteiger charge is 2.16. The third kappa shape index (κ3) is 5.06. The van der Waals surface area contributed by atoms with Crippen molar-refractivity contribution in [3.8, 4) is 0 Å². The van der Waals surface area contributed by atoms with Crippen LogP contribution in [0.1, 0.15) is 56.7 Å². The number of pyridine rings is 1. The van der Waals surface area contributed by atoms with Crippen molar-refractivity contribution in [2.45, 2.75) is 33.2 Å². The maximum Gasteiger partial charge on any atom is 0.255 e. The molecule has 0 fully saturated rings. The van der Waals surface area contributed by atoms with Crippen LogP contribution in [0.4, 0.5) is 5.69 Å². The average molecular weight is 409 g/mol. The predicted molar refractivity (Wildman–Crippen MR) is 115 cm³/mol. The molecule has 150 valence electrons. The highest BCUT2D eigenvalue weighted by molar-refractivity contribution is 7.09. The van der Waals surface area contributed by atoms with E-state index < -0.39 is 0 Å². The molecule has 29 heavy (non-hydrogen) atoms. The number of carbonyl (C=O) groups excluding carboxylic acids is 2. The Labute approximate surface area is 174 Å². The van der Waals surface area contributed by atoms with Gasteiger partial charge < -0.3 is 10.2 Å². The van der Waals surface area contributed by atoms with Gasteiger partial charge in [-0.3, -0.25) is 14.6 Å². The fraction of sp³-hybridized carbons (Fsp3) is 0.273. The van der Waals surface area contributed by atoms with Crippen LogP contribution in [-0.2, 0) is 6.54 Å². The molecule has 0 radical (unpaired) electrons. The van der Waals surface area contributed by atoms with Crippen molar-refractivity contribution in [2.75, 3.05) is 12.4 Å². The number of hydrogen-bond donors (Lipinski definition) is 1. The zero-order valence-corrected chi connectivity index (χ0v) is 17.8. The lowest BCUT2D eigenvalue weighted by atomic mass is 10.1. The Morgan fingerprint density at radius 1 is 1.14 bits per heavy atom. The smallest absolute Gasteiger partial charge is 0.255 e. The van der Waals surface area contributed by atoms with E-state index in [4.69, 9.17) is 0 Å². The molecule has 0 spiro atoms. The van der Waals surface area contributed by atoms with E-state index in [9.17, 15) is 9.59 Å². The largest absolute Gasteiger partial charge is 0.336 e. The summed E-state index contributed by atoms with van der Waals surface area (Å²) in [5.74, 6) is 0.0130. The highest BCUT2D eigenvalue weighted by atomic mass is 32.1. The quantitative estimate of drug-likeness (QED) is 0.652. The zero-order valence-electron chi connectivity index (χ0n) is 17.0. The van der Waals surface area contributed by atoms with Crippen molar-refractivity contribution in [1.29, 1.82) is 0 Å².